The van der Waals surface area contributed by atoms with Crippen molar-refractivity contribution in [3.05, 3.63) is 82.9 Å². The molecule has 29 heavy (non-hydrogen) atoms. The SMILES string of the molecule is COC(CCCc1ccccc1)C1c2cccc(O)c2C=C2C(O)C(=O)C=CC21. The number of carbonyl (C=O) groups is 1. The van der Waals surface area contributed by atoms with Gasteiger partial charge in [-0.1, -0.05) is 48.5 Å². The second-order valence-corrected chi connectivity index (χ2v) is 7.79. The molecule has 4 nitrogen and oxygen atoms in total. The minimum atomic E-state index is -1.16. The van der Waals surface area contributed by atoms with E-state index in [1.165, 1.54) is 11.6 Å². The van der Waals surface area contributed by atoms with Gasteiger partial charge in [-0.15, -0.1) is 0 Å². The van der Waals surface area contributed by atoms with Crippen molar-refractivity contribution in [2.75, 3.05) is 7.11 Å². The van der Waals surface area contributed by atoms with E-state index >= 15 is 0 Å². The van der Waals surface area contributed by atoms with Crippen LogP contribution in [-0.4, -0.2) is 35.3 Å². The van der Waals surface area contributed by atoms with E-state index in [2.05, 4.69) is 12.1 Å². The summed E-state index contributed by atoms with van der Waals surface area (Å²) in [5.74, 6) is -0.356. The molecule has 0 bridgehead atoms. The van der Waals surface area contributed by atoms with Crippen LogP contribution in [0.4, 0.5) is 0 Å². The van der Waals surface area contributed by atoms with Crippen molar-refractivity contribution in [3.63, 3.8) is 0 Å². The second-order valence-electron chi connectivity index (χ2n) is 7.79. The average Bonchev–Trinajstić information content (AvgIpc) is 2.74. The van der Waals surface area contributed by atoms with Crippen molar-refractivity contribution < 1.29 is 19.7 Å². The molecule has 4 heteroatoms. The van der Waals surface area contributed by atoms with Gasteiger partial charge in [0.15, 0.2) is 5.78 Å². The maximum absolute atomic E-state index is 12.0. The van der Waals surface area contributed by atoms with Crippen molar-refractivity contribution >= 4 is 11.9 Å². The summed E-state index contributed by atoms with van der Waals surface area (Å²) < 4.78 is 5.93. The third-order valence-electron chi connectivity index (χ3n) is 6.11. The van der Waals surface area contributed by atoms with E-state index in [0.29, 0.717) is 11.1 Å². The standard InChI is InChI=1S/C25H26O4/c1-29-23(12-5-9-16-7-3-2-4-8-16)24-17-10-6-11-21(26)19(17)15-20-18(24)13-14-22(27)25(20)28/h2-4,6-8,10-11,13-15,18,23-26,28H,5,9,12H2,1H3. The van der Waals surface area contributed by atoms with Gasteiger partial charge in [-0.05, 0) is 54.2 Å². The van der Waals surface area contributed by atoms with Crippen molar-refractivity contribution in [1.29, 1.82) is 0 Å². The van der Waals surface area contributed by atoms with E-state index in [9.17, 15) is 15.0 Å². The molecule has 150 valence electrons. The number of hydrogen-bond acceptors (Lipinski definition) is 4. The van der Waals surface area contributed by atoms with Crippen LogP contribution in [0, 0.1) is 5.92 Å². The first-order valence-corrected chi connectivity index (χ1v) is 10.1. The molecule has 0 radical (unpaired) electrons. The number of benzene rings is 2. The molecule has 0 aromatic heterocycles. The Kier molecular flexibility index (Phi) is 5.65. The second kappa shape index (κ2) is 8.36. The summed E-state index contributed by atoms with van der Waals surface area (Å²) in [5, 5.41) is 20.9. The summed E-state index contributed by atoms with van der Waals surface area (Å²) in [6.45, 7) is 0. The highest BCUT2D eigenvalue weighted by Crippen LogP contribution is 2.47. The number of carbonyl (C=O) groups excluding carboxylic acids is 1. The number of methoxy groups -OCH3 is 1. The first-order chi connectivity index (χ1) is 14.1. The summed E-state index contributed by atoms with van der Waals surface area (Å²) in [6, 6.07) is 15.8. The largest absolute Gasteiger partial charge is 0.507 e. The quantitative estimate of drug-likeness (QED) is 0.782. The number of ketones is 1. The van der Waals surface area contributed by atoms with Gasteiger partial charge < -0.3 is 14.9 Å². The highest BCUT2D eigenvalue weighted by Gasteiger charge is 2.41. The molecule has 0 spiro atoms. The molecule has 2 N–H and O–H groups in total. The van der Waals surface area contributed by atoms with Crippen LogP contribution >= 0.6 is 0 Å². The molecule has 2 aliphatic carbocycles. The lowest BCUT2D eigenvalue weighted by Gasteiger charge is -2.40. The Labute approximate surface area is 171 Å². The van der Waals surface area contributed by atoms with Crippen molar-refractivity contribution in [3.8, 4) is 5.75 Å². The van der Waals surface area contributed by atoms with Crippen molar-refractivity contribution in [1.82, 2.24) is 0 Å². The molecular formula is C25H26O4. The summed E-state index contributed by atoms with van der Waals surface area (Å²) in [4.78, 5) is 12.0. The monoisotopic (exact) mass is 390 g/mol. The molecule has 0 fully saturated rings. The van der Waals surface area contributed by atoms with Crippen LogP contribution in [0.1, 0.15) is 35.4 Å². The number of hydrogen-bond donors (Lipinski definition) is 2. The van der Waals surface area contributed by atoms with Gasteiger partial charge in [0.05, 0.1) is 6.10 Å². The minimum Gasteiger partial charge on any atom is -0.507 e. The van der Waals surface area contributed by atoms with Crippen LogP contribution in [0.2, 0.25) is 0 Å². The topological polar surface area (TPSA) is 66.8 Å². The Morgan fingerprint density at radius 1 is 1.10 bits per heavy atom. The number of rotatable bonds is 6. The Balaban J connectivity index is 1.64. The zero-order chi connectivity index (χ0) is 20.4. The average molecular weight is 390 g/mol. The molecule has 2 aromatic rings. The van der Waals surface area contributed by atoms with Crippen LogP contribution < -0.4 is 0 Å². The maximum atomic E-state index is 12.0. The lowest BCUT2D eigenvalue weighted by Crippen LogP contribution is -2.38. The fourth-order valence-corrected chi connectivity index (χ4v) is 4.66. The molecule has 0 aliphatic heterocycles. The molecule has 0 heterocycles. The predicted octanol–water partition coefficient (Wildman–Crippen LogP) is 4.03. The molecule has 4 atom stereocenters. The molecule has 2 aromatic carbocycles. The number of allylic oxidation sites excluding steroid dienone is 1. The van der Waals surface area contributed by atoms with Crippen molar-refractivity contribution in [2.45, 2.75) is 37.4 Å². The van der Waals surface area contributed by atoms with Crippen LogP contribution in [0.15, 0.2) is 66.3 Å². The number of ether oxygens (including phenoxy) is 1. The first kappa shape index (κ1) is 19.6. The molecule has 4 unspecified atom stereocenters. The van der Waals surface area contributed by atoms with Gasteiger partial charge in [0.2, 0.25) is 0 Å². The lowest BCUT2D eigenvalue weighted by molar-refractivity contribution is -0.121. The van der Waals surface area contributed by atoms with Gasteiger partial charge >= 0.3 is 0 Å². The highest BCUT2D eigenvalue weighted by molar-refractivity contribution is 5.98. The maximum Gasteiger partial charge on any atom is 0.188 e. The zero-order valence-corrected chi connectivity index (χ0v) is 16.5. The van der Waals surface area contributed by atoms with E-state index < -0.39 is 6.10 Å². The third-order valence-corrected chi connectivity index (χ3v) is 6.11. The Morgan fingerprint density at radius 3 is 2.66 bits per heavy atom. The number of aliphatic hydroxyl groups excluding tert-OH is 1. The third kappa shape index (κ3) is 3.78. The van der Waals surface area contributed by atoms with E-state index in [1.807, 2.05) is 36.4 Å². The van der Waals surface area contributed by atoms with Gasteiger partial charge in [0.1, 0.15) is 11.9 Å². The fraction of sp³-hybridized carbons (Fsp3) is 0.320. The van der Waals surface area contributed by atoms with E-state index in [4.69, 9.17) is 4.74 Å². The van der Waals surface area contributed by atoms with Gasteiger partial charge in [-0.25, -0.2) is 0 Å². The zero-order valence-electron chi connectivity index (χ0n) is 16.5. The molecule has 4 rings (SSSR count). The molecular weight excluding hydrogens is 364 g/mol. The van der Waals surface area contributed by atoms with E-state index in [0.717, 1.165) is 24.8 Å². The van der Waals surface area contributed by atoms with Gasteiger partial charge in [-0.3, -0.25) is 4.79 Å². The Morgan fingerprint density at radius 2 is 1.90 bits per heavy atom. The molecule has 0 amide bonds. The number of phenols is 1. The van der Waals surface area contributed by atoms with E-state index in [-0.39, 0.29) is 29.5 Å². The molecule has 0 saturated carbocycles. The fourth-order valence-electron chi connectivity index (χ4n) is 4.66. The lowest BCUT2D eigenvalue weighted by atomic mass is 9.67. The van der Waals surface area contributed by atoms with E-state index in [1.54, 1.807) is 19.3 Å². The van der Waals surface area contributed by atoms with Crippen molar-refractivity contribution in [2.24, 2.45) is 5.92 Å². The molecule has 2 aliphatic rings. The highest BCUT2D eigenvalue weighted by atomic mass is 16.5. The number of aromatic hydroxyl groups is 1. The van der Waals surface area contributed by atoms with Crippen LogP contribution in [0.3, 0.4) is 0 Å². The summed E-state index contributed by atoms with van der Waals surface area (Å²) in [6.07, 6.45) is 6.63. The summed E-state index contributed by atoms with van der Waals surface area (Å²) in [7, 11) is 1.71. The summed E-state index contributed by atoms with van der Waals surface area (Å²) >= 11 is 0. The number of fused-ring (bicyclic) bond motifs is 2. The predicted molar refractivity (Wildman–Crippen MR) is 113 cm³/mol. The molecule has 0 saturated heterocycles. The number of phenolic OH excluding ortho intramolecular Hbond substituents is 1. The van der Waals surface area contributed by atoms with Crippen LogP contribution in [-0.2, 0) is 16.0 Å². The van der Waals surface area contributed by atoms with Crippen LogP contribution in [0.5, 0.6) is 5.75 Å². The number of aliphatic hydroxyl groups is 1. The van der Waals surface area contributed by atoms with Gasteiger partial charge in [0.25, 0.3) is 0 Å². The normalized spacial score (nSPS) is 23.9. The van der Waals surface area contributed by atoms with Crippen LogP contribution in [0.25, 0.3) is 6.08 Å². The van der Waals surface area contributed by atoms with Gasteiger partial charge in [-0.2, -0.15) is 0 Å². The Bertz CT molecular complexity index is 945. The minimum absolute atomic E-state index is 0.0723. The Hall–Kier alpha value is -2.69. The first-order valence-electron chi connectivity index (χ1n) is 10.1. The number of aryl methyl sites for hydroxylation is 1. The smallest absolute Gasteiger partial charge is 0.188 e. The summed E-state index contributed by atoms with van der Waals surface area (Å²) in [5.41, 5.74) is 3.61. The van der Waals surface area contributed by atoms with Gasteiger partial charge in [0, 0.05) is 24.5 Å².